The molecule has 0 bridgehead atoms. The van der Waals surface area contributed by atoms with Gasteiger partial charge in [-0.15, -0.1) is 0 Å². The molecule has 0 radical (unpaired) electrons. The number of Topliss-reactive ketones (excluding diaryl/α,β-unsaturated/α-hetero) is 1. The third-order valence-corrected chi connectivity index (χ3v) is 5.50. The van der Waals surface area contributed by atoms with E-state index in [9.17, 15) is 9.59 Å². The summed E-state index contributed by atoms with van der Waals surface area (Å²) in [7, 11) is 0. The Bertz CT molecular complexity index is 1340. The molecule has 0 spiro atoms. The normalized spacial score (nSPS) is 10.9. The van der Waals surface area contributed by atoms with Gasteiger partial charge >= 0.3 is 5.97 Å². The second-order valence-electron chi connectivity index (χ2n) is 8.01. The maximum Gasteiger partial charge on any atom is 0.310 e. The Hall–Kier alpha value is -3.90. The van der Waals surface area contributed by atoms with Gasteiger partial charge in [-0.25, -0.2) is 0 Å². The highest BCUT2D eigenvalue weighted by Gasteiger charge is 2.16. The number of carbonyl (C=O) groups is 2. The molecule has 0 fully saturated rings. The van der Waals surface area contributed by atoms with Crippen molar-refractivity contribution in [1.82, 2.24) is 0 Å². The lowest BCUT2D eigenvalue weighted by Gasteiger charge is -2.13. The van der Waals surface area contributed by atoms with Gasteiger partial charge in [0.05, 0.1) is 13.0 Å². The summed E-state index contributed by atoms with van der Waals surface area (Å²) < 4.78 is 17.1. The molecule has 0 unspecified atom stereocenters. The number of hydrogen-bond donors (Lipinski definition) is 1. The van der Waals surface area contributed by atoms with Crippen LogP contribution < -0.4 is 10.5 Å². The zero-order valence-corrected chi connectivity index (χ0v) is 19.3. The molecule has 0 aliphatic heterocycles. The van der Waals surface area contributed by atoms with E-state index in [0.717, 1.165) is 33.2 Å². The molecule has 3 aromatic carbocycles. The van der Waals surface area contributed by atoms with Gasteiger partial charge in [-0.2, -0.15) is 0 Å². The minimum absolute atomic E-state index is 0.136. The van der Waals surface area contributed by atoms with Gasteiger partial charge in [0, 0.05) is 30.0 Å². The molecular weight excluding hydrogens is 430 g/mol. The molecule has 34 heavy (non-hydrogen) atoms. The first-order valence-electron chi connectivity index (χ1n) is 11.2. The highest BCUT2D eigenvalue weighted by molar-refractivity contribution is 6.00. The number of fused-ring (bicyclic) bond motifs is 1. The summed E-state index contributed by atoms with van der Waals surface area (Å²) in [6.45, 7) is 4.30. The minimum atomic E-state index is -0.294. The SMILES string of the molecule is CCOC(=O)Cc1ccccc1OCc1cc(-c2cccc(CN)c2)c2oc(C(C)=O)cc2c1. The number of rotatable bonds is 9. The van der Waals surface area contributed by atoms with Gasteiger partial charge in [0.2, 0.25) is 0 Å². The Morgan fingerprint density at radius 3 is 2.56 bits per heavy atom. The summed E-state index contributed by atoms with van der Waals surface area (Å²) in [5, 5.41) is 0.819. The first kappa shape index (κ1) is 23.3. The van der Waals surface area contributed by atoms with Crippen LogP contribution in [0.3, 0.4) is 0 Å². The van der Waals surface area contributed by atoms with Crippen LogP contribution in [0.15, 0.2) is 71.1 Å². The quantitative estimate of drug-likeness (QED) is 0.266. The number of hydrogen-bond acceptors (Lipinski definition) is 6. The molecule has 6 heteroatoms. The predicted octanol–water partition coefficient (Wildman–Crippen LogP) is 5.45. The number of furan rings is 1. The summed E-state index contributed by atoms with van der Waals surface area (Å²) in [6.07, 6.45) is 0.143. The van der Waals surface area contributed by atoms with E-state index in [1.54, 1.807) is 13.0 Å². The lowest BCUT2D eigenvalue weighted by atomic mass is 9.99. The molecule has 0 amide bonds. The second kappa shape index (κ2) is 10.4. The average molecular weight is 458 g/mol. The van der Waals surface area contributed by atoms with Crippen molar-refractivity contribution in [1.29, 1.82) is 0 Å². The summed E-state index contributed by atoms with van der Waals surface area (Å²) in [5.41, 5.74) is 11.0. The van der Waals surface area contributed by atoms with E-state index in [1.165, 1.54) is 6.92 Å². The van der Waals surface area contributed by atoms with Crippen LogP contribution in [0.2, 0.25) is 0 Å². The number of esters is 1. The van der Waals surface area contributed by atoms with Gasteiger partial charge in [0.25, 0.3) is 0 Å². The van der Waals surface area contributed by atoms with Crippen molar-refractivity contribution in [2.45, 2.75) is 33.4 Å². The van der Waals surface area contributed by atoms with E-state index in [-0.39, 0.29) is 24.8 Å². The Balaban J connectivity index is 1.69. The van der Waals surface area contributed by atoms with Crippen LogP contribution in [-0.4, -0.2) is 18.4 Å². The fourth-order valence-electron chi connectivity index (χ4n) is 3.87. The zero-order chi connectivity index (χ0) is 24.1. The van der Waals surface area contributed by atoms with Crippen molar-refractivity contribution in [3.63, 3.8) is 0 Å². The Labute approximate surface area is 198 Å². The smallest absolute Gasteiger partial charge is 0.310 e. The molecule has 1 aromatic heterocycles. The number of nitrogens with two attached hydrogens (primary N) is 1. The van der Waals surface area contributed by atoms with E-state index < -0.39 is 0 Å². The van der Waals surface area contributed by atoms with Gasteiger partial charge in [-0.1, -0.05) is 36.4 Å². The maximum atomic E-state index is 12.0. The molecule has 0 saturated heterocycles. The highest BCUT2D eigenvalue weighted by atomic mass is 16.5. The first-order chi connectivity index (χ1) is 16.5. The number of carbonyl (C=O) groups excluding carboxylic acids is 2. The average Bonchev–Trinajstić information content (AvgIpc) is 3.28. The Kier molecular flexibility index (Phi) is 7.09. The van der Waals surface area contributed by atoms with Crippen molar-refractivity contribution < 1.29 is 23.5 Å². The molecule has 174 valence electrons. The molecule has 1 heterocycles. The topological polar surface area (TPSA) is 91.8 Å². The highest BCUT2D eigenvalue weighted by Crippen LogP contribution is 2.34. The van der Waals surface area contributed by atoms with Crippen LogP contribution in [0.5, 0.6) is 5.75 Å². The number of para-hydroxylation sites is 1. The molecule has 0 saturated carbocycles. The number of ketones is 1. The summed E-state index contributed by atoms with van der Waals surface area (Å²) in [5.74, 6) is 0.504. The maximum absolute atomic E-state index is 12.0. The molecule has 4 aromatic rings. The van der Waals surface area contributed by atoms with Gasteiger partial charge in [-0.05, 0) is 53.9 Å². The van der Waals surface area contributed by atoms with Crippen molar-refractivity contribution >= 4 is 22.7 Å². The standard InChI is InChI=1S/C28H27NO5/c1-3-32-27(31)15-22-8-4-5-10-25(22)33-17-20-12-23-14-26(18(2)30)34-28(23)24(13-20)21-9-6-7-19(11-21)16-29/h4-14H,3,15-17,29H2,1-2H3. The Morgan fingerprint density at radius 2 is 1.79 bits per heavy atom. The van der Waals surface area contributed by atoms with Crippen LogP contribution >= 0.6 is 0 Å². The predicted molar refractivity (Wildman–Crippen MR) is 131 cm³/mol. The van der Waals surface area contributed by atoms with Crippen molar-refractivity contribution in [2.75, 3.05) is 6.61 Å². The van der Waals surface area contributed by atoms with Gasteiger partial charge < -0.3 is 19.6 Å². The van der Waals surface area contributed by atoms with Gasteiger partial charge in [0.15, 0.2) is 11.5 Å². The number of benzene rings is 3. The number of ether oxygens (including phenoxy) is 2. The van der Waals surface area contributed by atoms with Gasteiger partial charge in [0.1, 0.15) is 17.9 Å². The lowest BCUT2D eigenvalue weighted by molar-refractivity contribution is -0.142. The van der Waals surface area contributed by atoms with E-state index in [1.807, 2.05) is 60.7 Å². The van der Waals surface area contributed by atoms with E-state index in [4.69, 9.17) is 19.6 Å². The lowest BCUT2D eigenvalue weighted by Crippen LogP contribution is -2.09. The molecule has 0 atom stereocenters. The summed E-state index contributed by atoms with van der Waals surface area (Å²) in [6, 6.07) is 21.1. The fourth-order valence-corrected chi connectivity index (χ4v) is 3.87. The molecule has 6 nitrogen and oxygen atoms in total. The largest absolute Gasteiger partial charge is 0.489 e. The van der Waals surface area contributed by atoms with Crippen LogP contribution in [0.4, 0.5) is 0 Å². The second-order valence-corrected chi connectivity index (χ2v) is 8.01. The van der Waals surface area contributed by atoms with Crippen molar-refractivity contribution in [2.24, 2.45) is 5.73 Å². The molecular formula is C28H27NO5. The third kappa shape index (κ3) is 5.18. The molecule has 2 N–H and O–H groups in total. The van der Waals surface area contributed by atoms with Gasteiger partial charge in [-0.3, -0.25) is 9.59 Å². The molecule has 0 aliphatic carbocycles. The van der Waals surface area contributed by atoms with Crippen molar-refractivity contribution in [3.8, 4) is 16.9 Å². The Morgan fingerprint density at radius 1 is 0.971 bits per heavy atom. The monoisotopic (exact) mass is 457 g/mol. The molecule has 0 aliphatic rings. The van der Waals surface area contributed by atoms with E-state index >= 15 is 0 Å². The molecule has 4 rings (SSSR count). The summed E-state index contributed by atoms with van der Waals surface area (Å²) in [4.78, 5) is 23.9. The van der Waals surface area contributed by atoms with Crippen LogP contribution in [0.1, 0.15) is 41.1 Å². The minimum Gasteiger partial charge on any atom is -0.489 e. The third-order valence-electron chi connectivity index (χ3n) is 5.50. The zero-order valence-electron chi connectivity index (χ0n) is 19.3. The van der Waals surface area contributed by atoms with E-state index in [0.29, 0.717) is 30.2 Å². The van der Waals surface area contributed by atoms with Crippen molar-refractivity contribution in [3.05, 3.63) is 89.2 Å². The van der Waals surface area contributed by atoms with Crippen LogP contribution in [0.25, 0.3) is 22.1 Å². The van der Waals surface area contributed by atoms with Crippen LogP contribution in [-0.2, 0) is 29.1 Å². The summed E-state index contributed by atoms with van der Waals surface area (Å²) >= 11 is 0. The fraction of sp³-hybridized carbons (Fsp3) is 0.214. The first-order valence-corrected chi connectivity index (χ1v) is 11.2. The van der Waals surface area contributed by atoms with E-state index in [2.05, 4.69) is 0 Å². The van der Waals surface area contributed by atoms with Crippen LogP contribution in [0, 0.1) is 0 Å².